The molecule has 0 unspecified atom stereocenters. The molecule has 130 valence electrons. The third kappa shape index (κ3) is 4.67. The number of sulfone groups is 1. The first-order chi connectivity index (χ1) is 11.8. The Morgan fingerprint density at radius 1 is 1.28 bits per heavy atom. The molecule has 0 bridgehead atoms. The maximum atomic E-state index is 12.5. The van der Waals surface area contributed by atoms with Gasteiger partial charge in [-0.3, -0.25) is 0 Å². The highest BCUT2D eigenvalue weighted by Gasteiger charge is 2.21. The molecule has 0 atom stereocenters. The fourth-order valence-corrected chi connectivity index (χ4v) is 3.84. The van der Waals surface area contributed by atoms with E-state index in [4.69, 9.17) is 27.9 Å². The summed E-state index contributed by atoms with van der Waals surface area (Å²) >= 11 is 11.8. The summed E-state index contributed by atoms with van der Waals surface area (Å²) in [6.07, 6.45) is 1.11. The number of halogens is 2. The molecule has 0 saturated heterocycles. The van der Waals surface area contributed by atoms with Crippen LogP contribution >= 0.6 is 23.2 Å². The van der Waals surface area contributed by atoms with Gasteiger partial charge in [0.15, 0.2) is 9.84 Å². The number of hydrogen-bond donors (Lipinski definition) is 1. The lowest BCUT2D eigenvalue weighted by atomic mass is 10.2. The van der Waals surface area contributed by atoms with Crippen molar-refractivity contribution in [2.75, 3.05) is 7.11 Å². The minimum Gasteiger partial charge on any atom is -0.507 e. The van der Waals surface area contributed by atoms with E-state index in [2.05, 4.69) is 0 Å². The zero-order valence-electron chi connectivity index (χ0n) is 13.0. The predicted molar refractivity (Wildman–Crippen MR) is 97.3 cm³/mol. The summed E-state index contributed by atoms with van der Waals surface area (Å²) in [6, 6.07) is 10.4. The average molecular weight is 398 g/mol. The van der Waals surface area contributed by atoms with Gasteiger partial charge in [0, 0.05) is 21.7 Å². The molecule has 0 aliphatic heterocycles. The Morgan fingerprint density at radius 3 is 2.56 bits per heavy atom. The summed E-state index contributed by atoms with van der Waals surface area (Å²) in [5, 5.41) is 19.8. The van der Waals surface area contributed by atoms with Crippen molar-refractivity contribution in [3.8, 4) is 17.6 Å². The number of aromatic hydroxyl groups is 1. The van der Waals surface area contributed by atoms with Gasteiger partial charge in [0.25, 0.3) is 0 Å². The number of benzene rings is 2. The van der Waals surface area contributed by atoms with Gasteiger partial charge in [0.2, 0.25) is 0 Å². The summed E-state index contributed by atoms with van der Waals surface area (Å²) < 4.78 is 30.0. The summed E-state index contributed by atoms with van der Waals surface area (Å²) in [5.41, 5.74) is 0.509. The second-order valence-electron chi connectivity index (χ2n) is 5.04. The monoisotopic (exact) mass is 397 g/mol. The van der Waals surface area contributed by atoms with Crippen molar-refractivity contribution in [2.45, 2.75) is 5.75 Å². The molecule has 8 heteroatoms. The van der Waals surface area contributed by atoms with Crippen LogP contribution in [0.15, 0.2) is 41.3 Å². The largest absolute Gasteiger partial charge is 0.507 e. The van der Waals surface area contributed by atoms with Gasteiger partial charge >= 0.3 is 0 Å². The van der Waals surface area contributed by atoms with Gasteiger partial charge < -0.3 is 9.84 Å². The van der Waals surface area contributed by atoms with Crippen molar-refractivity contribution in [3.63, 3.8) is 0 Å². The van der Waals surface area contributed by atoms with Crippen LogP contribution in [-0.4, -0.2) is 20.6 Å². The third-order valence-corrected chi connectivity index (χ3v) is 5.49. The first kappa shape index (κ1) is 19.1. The van der Waals surface area contributed by atoms with E-state index in [-0.39, 0.29) is 16.3 Å². The van der Waals surface area contributed by atoms with Crippen molar-refractivity contribution in [2.24, 2.45) is 0 Å². The highest BCUT2D eigenvalue weighted by Crippen LogP contribution is 2.28. The molecular weight excluding hydrogens is 385 g/mol. The predicted octanol–water partition coefficient (Wildman–Crippen LogP) is 4.19. The minimum absolute atomic E-state index is 0.183. The molecule has 0 radical (unpaired) electrons. The van der Waals surface area contributed by atoms with Gasteiger partial charge in [0.05, 0.1) is 12.9 Å². The van der Waals surface area contributed by atoms with E-state index >= 15 is 0 Å². The SMILES string of the molecule is COc1ccc(/C=C(/C#N)S(=O)(=O)Cc2ccc(Cl)cc2Cl)c(O)c1. The zero-order chi connectivity index (χ0) is 18.6. The molecule has 0 saturated carbocycles. The number of allylic oxidation sites excluding steroid dienone is 1. The van der Waals surface area contributed by atoms with Gasteiger partial charge in [-0.25, -0.2) is 8.42 Å². The fraction of sp³-hybridized carbons (Fsp3) is 0.118. The number of hydrogen-bond acceptors (Lipinski definition) is 5. The van der Waals surface area contributed by atoms with E-state index in [1.165, 1.54) is 37.4 Å². The van der Waals surface area contributed by atoms with Crippen molar-refractivity contribution < 1.29 is 18.3 Å². The Morgan fingerprint density at radius 2 is 2.00 bits per heavy atom. The minimum atomic E-state index is -3.96. The molecule has 2 aromatic rings. The van der Waals surface area contributed by atoms with Crippen LogP contribution in [0.2, 0.25) is 10.0 Å². The number of nitrogens with zero attached hydrogens (tertiary/aromatic N) is 1. The Hall–Kier alpha value is -2.20. The van der Waals surface area contributed by atoms with E-state index in [0.29, 0.717) is 16.3 Å². The molecular formula is C17H13Cl2NO4S. The van der Waals surface area contributed by atoms with Crippen LogP contribution in [0, 0.1) is 11.3 Å². The number of nitriles is 1. The van der Waals surface area contributed by atoms with Crippen LogP contribution < -0.4 is 4.74 Å². The quantitative estimate of drug-likeness (QED) is 0.764. The van der Waals surface area contributed by atoms with Crippen LogP contribution in [0.5, 0.6) is 11.5 Å². The fourth-order valence-electron chi connectivity index (χ4n) is 2.03. The van der Waals surface area contributed by atoms with E-state index in [9.17, 15) is 18.8 Å². The topological polar surface area (TPSA) is 87.4 Å². The number of phenols is 1. The molecule has 0 aliphatic carbocycles. The van der Waals surface area contributed by atoms with E-state index in [1.54, 1.807) is 12.1 Å². The van der Waals surface area contributed by atoms with E-state index in [0.717, 1.165) is 6.08 Å². The van der Waals surface area contributed by atoms with Gasteiger partial charge in [-0.15, -0.1) is 0 Å². The zero-order valence-corrected chi connectivity index (χ0v) is 15.4. The molecule has 25 heavy (non-hydrogen) atoms. The van der Waals surface area contributed by atoms with Crippen LogP contribution in [0.1, 0.15) is 11.1 Å². The lowest BCUT2D eigenvalue weighted by Gasteiger charge is -2.07. The number of phenolic OH excluding ortho intramolecular Hbond substituents is 1. The summed E-state index contributed by atoms with van der Waals surface area (Å²) in [5.74, 6) is -0.255. The van der Waals surface area contributed by atoms with Crippen molar-refractivity contribution >= 4 is 39.1 Å². The van der Waals surface area contributed by atoms with Crippen molar-refractivity contribution in [3.05, 3.63) is 62.5 Å². The smallest absolute Gasteiger partial charge is 0.192 e. The maximum Gasteiger partial charge on any atom is 0.192 e. The molecule has 0 fully saturated rings. The Labute approximate surface area is 155 Å². The van der Waals surface area contributed by atoms with E-state index < -0.39 is 20.5 Å². The second kappa shape index (κ2) is 7.79. The molecule has 2 aromatic carbocycles. The lowest BCUT2D eigenvalue weighted by molar-refractivity contribution is 0.407. The maximum absolute atomic E-state index is 12.5. The molecule has 0 aromatic heterocycles. The van der Waals surface area contributed by atoms with Crippen LogP contribution in [0.3, 0.4) is 0 Å². The molecule has 5 nitrogen and oxygen atoms in total. The van der Waals surface area contributed by atoms with E-state index in [1.807, 2.05) is 0 Å². The highest BCUT2D eigenvalue weighted by atomic mass is 35.5. The van der Waals surface area contributed by atoms with Gasteiger partial charge in [-0.1, -0.05) is 29.3 Å². The summed E-state index contributed by atoms with van der Waals surface area (Å²) in [7, 11) is -2.53. The number of rotatable bonds is 5. The Kier molecular flexibility index (Phi) is 5.96. The standard InChI is InChI=1S/C17H13Cl2NO4S/c1-24-14-5-3-11(17(21)8-14)6-15(9-20)25(22,23)10-12-2-4-13(18)7-16(12)19/h2-8,21H,10H2,1H3/b15-6-. The van der Waals surface area contributed by atoms with Crippen LogP contribution in [0.25, 0.3) is 6.08 Å². The summed E-state index contributed by atoms with van der Waals surface area (Å²) in [4.78, 5) is -0.487. The second-order valence-corrected chi connectivity index (χ2v) is 7.84. The van der Waals surface area contributed by atoms with Crippen LogP contribution in [0.4, 0.5) is 0 Å². The molecule has 2 rings (SSSR count). The van der Waals surface area contributed by atoms with Gasteiger partial charge in [-0.2, -0.15) is 5.26 Å². The molecule has 1 N–H and O–H groups in total. The highest BCUT2D eigenvalue weighted by molar-refractivity contribution is 7.95. The van der Waals surface area contributed by atoms with Crippen molar-refractivity contribution in [1.29, 1.82) is 5.26 Å². The Bertz CT molecular complexity index is 979. The Balaban J connectivity index is 2.40. The van der Waals surface area contributed by atoms with Gasteiger partial charge in [-0.05, 0) is 35.9 Å². The molecule has 0 heterocycles. The molecule has 0 spiro atoms. The average Bonchev–Trinajstić information content (AvgIpc) is 2.56. The first-order valence-electron chi connectivity index (χ1n) is 6.92. The lowest BCUT2D eigenvalue weighted by Crippen LogP contribution is -2.07. The third-order valence-electron chi connectivity index (χ3n) is 3.33. The molecule has 0 amide bonds. The number of ether oxygens (including phenoxy) is 1. The number of methoxy groups -OCH3 is 1. The van der Waals surface area contributed by atoms with Gasteiger partial charge in [0.1, 0.15) is 22.5 Å². The van der Waals surface area contributed by atoms with Crippen LogP contribution in [-0.2, 0) is 15.6 Å². The summed E-state index contributed by atoms with van der Waals surface area (Å²) in [6.45, 7) is 0. The first-order valence-corrected chi connectivity index (χ1v) is 9.33. The van der Waals surface area contributed by atoms with Crippen molar-refractivity contribution in [1.82, 2.24) is 0 Å². The molecule has 0 aliphatic rings. The normalized spacial score (nSPS) is 11.8.